The first kappa shape index (κ1) is 23.4. The number of fused-ring (bicyclic) bond motifs is 2. The Bertz CT molecular complexity index is 1430. The van der Waals surface area contributed by atoms with E-state index in [1.165, 1.54) is 5.56 Å². The number of nitrogens with zero attached hydrogens (tertiary/aromatic N) is 3. The van der Waals surface area contributed by atoms with Gasteiger partial charge in [0.25, 0.3) is 5.91 Å². The number of ether oxygens (including phenoxy) is 4. The smallest absolute Gasteiger partial charge is 0.273 e. The molecule has 184 valence electrons. The number of benzene rings is 3. The second-order valence-corrected chi connectivity index (χ2v) is 8.44. The van der Waals surface area contributed by atoms with E-state index in [1.54, 1.807) is 40.6 Å². The highest BCUT2D eigenvalue weighted by atomic mass is 16.5. The van der Waals surface area contributed by atoms with Gasteiger partial charge in [-0.25, -0.2) is 9.97 Å². The minimum atomic E-state index is -0.135. The molecule has 8 heteroatoms. The Morgan fingerprint density at radius 3 is 2.28 bits per heavy atom. The average Bonchev–Trinajstić information content (AvgIpc) is 2.94. The highest BCUT2D eigenvalue weighted by Crippen LogP contribution is 2.41. The Hall–Kier alpha value is -4.33. The summed E-state index contributed by atoms with van der Waals surface area (Å²) in [6.45, 7) is 1.10. The second-order valence-electron chi connectivity index (χ2n) is 8.44. The van der Waals surface area contributed by atoms with Crippen LogP contribution in [0.15, 0.2) is 54.6 Å². The fraction of sp³-hybridized carbons (Fsp3) is 0.250. The highest BCUT2D eigenvalue weighted by Gasteiger charge is 2.26. The molecule has 1 aromatic heterocycles. The predicted molar refractivity (Wildman–Crippen MR) is 136 cm³/mol. The van der Waals surface area contributed by atoms with Crippen LogP contribution >= 0.6 is 0 Å². The van der Waals surface area contributed by atoms with Crippen LogP contribution in [0.1, 0.15) is 21.6 Å². The van der Waals surface area contributed by atoms with E-state index in [4.69, 9.17) is 28.9 Å². The Balaban J connectivity index is 1.58. The summed E-state index contributed by atoms with van der Waals surface area (Å²) in [4.78, 5) is 25.2. The molecular weight excluding hydrogens is 458 g/mol. The minimum absolute atomic E-state index is 0.135. The van der Waals surface area contributed by atoms with Crippen molar-refractivity contribution in [2.75, 3.05) is 35.0 Å². The van der Waals surface area contributed by atoms with Gasteiger partial charge in [-0.1, -0.05) is 24.3 Å². The summed E-state index contributed by atoms with van der Waals surface area (Å²) in [7, 11) is 6.32. The van der Waals surface area contributed by atoms with Crippen LogP contribution in [0.25, 0.3) is 22.3 Å². The van der Waals surface area contributed by atoms with Crippen molar-refractivity contribution in [2.45, 2.75) is 13.0 Å². The van der Waals surface area contributed by atoms with Crippen molar-refractivity contribution in [3.63, 3.8) is 0 Å². The fourth-order valence-electron chi connectivity index (χ4n) is 4.56. The number of hydrogen-bond acceptors (Lipinski definition) is 7. The van der Waals surface area contributed by atoms with Gasteiger partial charge >= 0.3 is 0 Å². The van der Waals surface area contributed by atoms with Gasteiger partial charge < -0.3 is 23.8 Å². The van der Waals surface area contributed by atoms with Crippen LogP contribution in [0.3, 0.4) is 0 Å². The minimum Gasteiger partial charge on any atom is -0.497 e. The summed E-state index contributed by atoms with van der Waals surface area (Å²) in [5.74, 6) is 2.54. The maximum atomic E-state index is 13.8. The largest absolute Gasteiger partial charge is 0.497 e. The van der Waals surface area contributed by atoms with Crippen LogP contribution in [0.4, 0.5) is 0 Å². The number of methoxy groups -OCH3 is 4. The summed E-state index contributed by atoms with van der Waals surface area (Å²) in [5, 5.41) is 0.708. The molecule has 0 atom stereocenters. The summed E-state index contributed by atoms with van der Waals surface area (Å²) in [6, 6.07) is 17.1. The van der Waals surface area contributed by atoms with E-state index in [0.29, 0.717) is 58.3 Å². The van der Waals surface area contributed by atoms with E-state index < -0.39 is 0 Å². The van der Waals surface area contributed by atoms with Gasteiger partial charge in [-0.15, -0.1) is 0 Å². The molecule has 36 heavy (non-hydrogen) atoms. The summed E-state index contributed by atoms with van der Waals surface area (Å²) >= 11 is 0. The van der Waals surface area contributed by atoms with Gasteiger partial charge in [0.2, 0.25) is 5.75 Å². The number of aromatic nitrogens is 2. The zero-order valence-corrected chi connectivity index (χ0v) is 20.7. The Kier molecular flexibility index (Phi) is 6.33. The summed E-state index contributed by atoms with van der Waals surface area (Å²) in [5.41, 5.74) is 4.01. The van der Waals surface area contributed by atoms with Crippen molar-refractivity contribution in [3.05, 3.63) is 71.4 Å². The number of carbonyl (C=O) groups is 1. The molecule has 0 saturated heterocycles. The second kappa shape index (κ2) is 9.73. The molecule has 1 amide bonds. The number of carbonyl (C=O) groups excluding carboxylic acids is 1. The van der Waals surface area contributed by atoms with E-state index >= 15 is 0 Å². The standard InChI is InChI=1S/C28H27N3O5/c1-33-20-10-9-18-16-31(12-11-17(18)13-20)28(32)25-21-7-5-6-8-22(21)29-27(30-25)19-14-23(34-2)26(36-4)24(15-19)35-3/h5-10,13-15H,11-12,16H2,1-4H3. The molecule has 8 nitrogen and oxygen atoms in total. The van der Waals surface area contributed by atoms with E-state index in [9.17, 15) is 4.79 Å². The van der Waals surface area contributed by atoms with Crippen molar-refractivity contribution in [3.8, 4) is 34.4 Å². The first-order valence-corrected chi connectivity index (χ1v) is 11.6. The van der Waals surface area contributed by atoms with Gasteiger partial charge in [0.15, 0.2) is 17.3 Å². The normalized spacial score (nSPS) is 12.7. The van der Waals surface area contributed by atoms with Crippen LogP contribution in [-0.4, -0.2) is 55.8 Å². The van der Waals surface area contributed by atoms with Crippen LogP contribution in [0.2, 0.25) is 0 Å². The van der Waals surface area contributed by atoms with Crippen LogP contribution < -0.4 is 18.9 Å². The number of hydrogen-bond donors (Lipinski definition) is 0. The quantitative estimate of drug-likeness (QED) is 0.397. The summed E-state index contributed by atoms with van der Waals surface area (Å²) in [6.07, 6.45) is 0.751. The van der Waals surface area contributed by atoms with Crippen molar-refractivity contribution >= 4 is 16.8 Å². The zero-order chi connectivity index (χ0) is 25.2. The van der Waals surface area contributed by atoms with Gasteiger partial charge in [0.1, 0.15) is 11.4 Å². The van der Waals surface area contributed by atoms with Crippen LogP contribution in [0.5, 0.6) is 23.0 Å². The molecule has 0 bridgehead atoms. The number of amides is 1. The summed E-state index contributed by atoms with van der Waals surface area (Å²) < 4.78 is 21.8. The lowest BCUT2D eigenvalue weighted by Gasteiger charge is -2.29. The molecule has 0 fully saturated rings. The number of rotatable bonds is 6. The zero-order valence-electron chi connectivity index (χ0n) is 20.7. The van der Waals surface area contributed by atoms with E-state index in [0.717, 1.165) is 17.7 Å². The molecule has 0 saturated carbocycles. The average molecular weight is 486 g/mol. The molecule has 1 aliphatic rings. The van der Waals surface area contributed by atoms with Crippen molar-refractivity contribution in [1.82, 2.24) is 14.9 Å². The highest BCUT2D eigenvalue weighted by molar-refractivity contribution is 6.05. The molecule has 0 spiro atoms. The van der Waals surface area contributed by atoms with E-state index in [-0.39, 0.29) is 5.91 Å². The fourth-order valence-corrected chi connectivity index (χ4v) is 4.56. The maximum absolute atomic E-state index is 13.8. The maximum Gasteiger partial charge on any atom is 0.273 e. The Morgan fingerprint density at radius 1 is 0.833 bits per heavy atom. The molecule has 4 aromatic rings. The van der Waals surface area contributed by atoms with Gasteiger partial charge in [-0.05, 0) is 47.9 Å². The van der Waals surface area contributed by atoms with Gasteiger partial charge in [0.05, 0.1) is 34.0 Å². The third-order valence-corrected chi connectivity index (χ3v) is 6.44. The molecular formula is C28H27N3O5. The molecule has 2 heterocycles. The molecule has 0 N–H and O–H groups in total. The Labute approximate surface area is 209 Å². The topological polar surface area (TPSA) is 83.0 Å². The molecule has 3 aromatic carbocycles. The van der Waals surface area contributed by atoms with Crippen LogP contribution in [0, 0.1) is 0 Å². The van der Waals surface area contributed by atoms with Gasteiger partial charge in [-0.2, -0.15) is 0 Å². The third-order valence-electron chi connectivity index (χ3n) is 6.44. The van der Waals surface area contributed by atoms with Crippen molar-refractivity contribution in [2.24, 2.45) is 0 Å². The lowest BCUT2D eigenvalue weighted by Crippen LogP contribution is -2.36. The number of para-hydroxylation sites is 1. The van der Waals surface area contributed by atoms with Crippen molar-refractivity contribution in [1.29, 1.82) is 0 Å². The van der Waals surface area contributed by atoms with Gasteiger partial charge in [0, 0.05) is 24.0 Å². The molecule has 5 rings (SSSR count). The monoisotopic (exact) mass is 485 g/mol. The van der Waals surface area contributed by atoms with Crippen LogP contribution in [-0.2, 0) is 13.0 Å². The molecule has 0 aliphatic carbocycles. The van der Waals surface area contributed by atoms with Crippen molar-refractivity contribution < 1.29 is 23.7 Å². The molecule has 0 unspecified atom stereocenters. The lowest BCUT2D eigenvalue weighted by molar-refractivity contribution is 0.0731. The van der Waals surface area contributed by atoms with E-state index in [2.05, 4.69) is 0 Å². The third kappa shape index (κ3) is 4.15. The SMILES string of the molecule is COc1ccc2c(c1)CCN(C(=O)c1nc(-c3cc(OC)c(OC)c(OC)c3)nc3ccccc13)C2. The van der Waals surface area contributed by atoms with E-state index in [1.807, 2.05) is 47.4 Å². The lowest BCUT2D eigenvalue weighted by atomic mass is 9.99. The predicted octanol–water partition coefficient (Wildman–Crippen LogP) is 4.53. The first-order chi connectivity index (χ1) is 17.6. The molecule has 0 radical (unpaired) electrons. The first-order valence-electron chi connectivity index (χ1n) is 11.6. The van der Waals surface area contributed by atoms with Gasteiger partial charge in [-0.3, -0.25) is 4.79 Å². The Morgan fingerprint density at radius 2 is 1.58 bits per heavy atom. The molecule has 1 aliphatic heterocycles.